The molecule has 1 aromatic heterocycles. The largest absolute Gasteiger partial charge is 0.494 e. The number of alkyl halides is 2. The molecule has 3 aliphatic rings. The number of aliphatic carboxylic acids is 3. The number of amides is 6. The number of nitrogens with one attached hydrogen (secondary N) is 4. The fraction of sp³-hybridized carbons (Fsp3) is 0.603. The van der Waals surface area contributed by atoms with Crippen LogP contribution in [0.3, 0.4) is 0 Å². The summed E-state index contributed by atoms with van der Waals surface area (Å²) in [4.78, 5) is 131. The number of unbranched alkanes of at least 4 members (excludes halogenated alkanes) is 2. The SMILES string of the molecule is Cc1ccc(CCCC(=O)NCCOCCC(NC(=O)CN2CCN(CC(=O)O)CCN(CC(=O)O)CCN(CC(=O)O)CC2)C(=O)NCCCCCC(=O)N2CCN(CCCOc3ccc4nccc(C(=O)NCC(=O)N5CC(F)(F)C[C@@H]5C#N)c4c3)CC2)cc1. The summed E-state index contributed by atoms with van der Waals surface area (Å²) < 4.78 is 39.7. The first-order valence-corrected chi connectivity index (χ1v) is 31.5. The Hall–Kier alpha value is -8.01. The van der Waals surface area contributed by atoms with Crippen molar-refractivity contribution in [3.63, 3.8) is 0 Å². The second kappa shape index (κ2) is 38.1. The summed E-state index contributed by atoms with van der Waals surface area (Å²) in [5, 5.41) is 49.6. The third-order valence-electron chi connectivity index (χ3n) is 16.2. The van der Waals surface area contributed by atoms with Crippen LogP contribution in [0.1, 0.15) is 79.3 Å². The van der Waals surface area contributed by atoms with Crippen LogP contribution in [0.5, 0.6) is 5.75 Å². The van der Waals surface area contributed by atoms with Crippen LogP contribution in [0.15, 0.2) is 54.7 Å². The fourth-order valence-corrected chi connectivity index (χ4v) is 11.1. The van der Waals surface area contributed by atoms with Gasteiger partial charge in [-0.1, -0.05) is 36.2 Å². The molecule has 0 radical (unpaired) electrons. The van der Waals surface area contributed by atoms with Gasteiger partial charge in [0.2, 0.25) is 29.5 Å². The van der Waals surface area contributed by atoms with Crippen LogP contribution >= 0.6 is 0 Å². The number of aryl methyl sites for hydroxylation is 2. The summed E-state index contributed by atoms with van der Waals surface area (Å²) in [6, 6.07) is 14.2. The van der Waals surface area contributed by atoms with E-state index in [1.807, 2.05) is 36.1 Å². The van der Waals surface area contributed by atoms with Gasteiger partial charge in [-0.3, -0.25) is 72.6 Å². The number of likely N-dealkylation sites (tertiary alicyclic amines) is 1. The van der Waals surface area contributed by atoms with E-state index in [-0.39, 0.29) is 129 Å². The number of rotatable bonds is 34. The van der Waals surface area contributed by atoms with Crippen molar-refractivity contribution in [3.8, 4) is 11.8 Å². The number of piperazine rings is 1. The van der Waals surface area contributed by atoms with Crippen molar-refractivity contribution in [1.29, 1.82) is 5.26 Å². The number of hydrogen-bond acceptors (Lipinski definition) is 18. The van der Waals surface area contributed by atoms with Gasteiger partial charge in [0.15, 0.2) is 0 Å². The Morgan fingerprint density at radius 3 is 1.90 bits per heavy atom. The van der Waals surface area contributed by atoms with E-state index in [1.54, 1.807) is 43.9 Å². The first kappa shape index (κ1) is 73.0. The van der Waals surface area contributed by atoms with E-state index in [2.05, 4.69) is 31.2 Å². The van der Waals surface area contributed by atoms with E-state index >= 15 is 0 Å². The Balaban J connectivity index is 0.918. The molecule has 3 aliphatic heterocycles. The van der Waals surface area contributed by atoms with Crippen molar-refractivity contribution in [3.05, 3.63) is 71.4 Å². The summed E-state index contributed by atoms with van der Waals surface area (Å²) in [5.41, 5.74) is 3.02. The minimum atomic E-state index is -3.18. The van der Waals surface area contributed by atoms with Crippen molar-refractivity contribution in [2.24, 2.45) is 0 Å². The molecule has 3 saturated heterocycles. The number of halogens is 2. The van der Waals surface area contributed by atoms with Gasteiger partial charge in [0.1, 0.15) is 17.8 Å². The lowest BCUT2D eigenvalue weighted by atomic mass is 10.1. The molecule has 3 fully saturated rings. The molecule has 4 heterocycles. The minimum Gasteiger partial charge on any atom is -0.494 e. The van der Waals surface area contributed by atoms with Gasteiger partial charge in [0.25, 0.3) is 11.8 Å². The first-order chi connectivity index (χ1) is 44.1. The van der Waals surface area contributed by atoms with E-state index in [0.29, 0.717) is 94.4 Å². The number of nitrogens with zero attached hydrogens (tertiary/aromatic N) is 9. The second-order valence-electron chi connectivity index (χ2n) is 23.5. The number of benzene rings is 2. The molecule has 1 unspecified atom stereocenters. The molecule has 27 nitrogen and oxygen atoms in total. The molecule has 0 aliphatic carbocycles. The quantitative estimate of drug-likeness (QED) is 0.0412. The Morgan fingerprint density at radius 2 is 1.28 bits per heavy atom. The number of carbonyl (C=O) groups excluding carboxylic acids is 6. The number of carbonyl (C=O) groups is 9. The topological polar surface area (TPSA) is 340 Å². The van der Waals surface area contributed by atoms with Crippen molar-refractivity contribution < 1.29 is 76.7 Å². The molecule has 0 saturated carbocycles. The maximum absolute atomic E-state index is 13.9. The zero-order valence-corrected chi connectivity index (χ0v) is 52.5. The predicted molar refractivity (Wildman–Crippen MR) is 333 cm³/mol. The standard InChI is InChI=1S/C63H89F2N13O14/c1-46-10-12-47(13-11-46)7-5-8-54(79)68-20-36-91-35-17-53(71-55(80)41-73-22-24-74(42-58(83)84)26-28-76(44-60(87)88)29-27-75(25-23-73)43-59(85)86)62(90)69-18-4-2-3-9-56(81)77-32-30-72(31-33-77)21-6-34-92-49-14-15-52-51(37-49)50(16-19-67-52)61(89)70-40-57(82)78-45-63(64,65)38-48(78)39-66/h10-16,19,37,48,53H,2-9,17-18,20-36,38,40-45H2,1H3,(H,68,79)(H,69,90)(H,70,89)(H,71,80)(H,83,84)(H,85,86)(H,87,88)/t48-,53?/m1/s1. The average molecular weight is 1290 g/mol. The van der Waals surface area contributed by atoms with E-state index in [1.165, 1.54) is 12.3 Å². The van der Waals surface area contributed by atoms with Crippen LogP contribution in [0.2, 0.25) is 0 Å². The monoisotopic (exact) mass is 1290 g/mol. The van der Waals surface area contributed by atoms with Gasteiger partial charge < -0.3 is 55.9 Å². The molecule has 92 heavy (non-hydrogen) atoms. The number of aromatic nitrogens is 1. The maximum atomic E-state index is 13.9. The van der Waals surface area contributed by atoms with Gasteiger partial charge in [-0.15, -0.1) is 0 Å². The number of hydrogen-bond donors (Lipinski definition) is 7. The van der Waals surface area contributed by atoms with Crippen LogP contribution in [0, 0.1) is 18.3 Å². The van der Waals surface area contributed by atoms with Crippen LogP contribution in [-0.2, 0) is 49.5 Å². The first-order valence-electron chi connectivity index (χ1n) is 31.5. The van der Waals surface area contributed by atoms with Gasteiger partial charge in [0, 0.05) is 136 Å². The number of carboxylic acids is 3. The van der Waals surface area contributed by atoms with Crippen LogP contribution < -0.4 is 26.0 Å². The summed E-state index contributed by atoms with van der Waals surface area (Å²) in [6.45, 7) is 5.36. The summed E-state index contributed by atoms with van der Waals surface area (Å²) in [6.07, 6.45) is 5.39. The average Bonchev–Trinajstić information content (AvgIpc) is 1.30. The molecule has 7 N–H and O–H groups in total. The second-order valence-corrected chi connectivity index (χ2v) is 23.5. The number of nitriles is 1. The molecule has 6 amide bonds. The molecule has 0 bridgehead atoms. The number of ether oxygens (including phenoxy) is 2. The zero-order valence-electron chi connectivity index (χ0n) is 52.5. The highest BCUT2D eigenvalue weighted by Gasteiger charge is 2.47. The zero-order chi connectivity index (χ0) is 66.4. The Labute approximate surface area is 534 Å². The third kappa shape index (κ3) is 26.3. The highest BCUT2D eigenvalue weighted by molar-refractivity contribution is 6.07. The molecule has 2 aromatic carbocycles. The minimum absolute atomic E-state index is 0.0376. The summed E-state index contributed by atoms with van der Waals surface area (Å²) in [7, 11) is 0. The van der Waals surface area contributed by atoms with Crippen molar-refractivity contribution in [2.75, 3.05) is 157 Å². The molecular formula is C63H89F2N13O14. The predicted octanol–water partition coefficient (Wildman–Crippen LogP) is 1.13. The Kier molecular flexibility index (Phi) is 30.3. The van der Waals surface area contributed by atoms with E-state index in [0.717, 1.165) is 29.0 Å². The van der Waals surface area contributed by atoms with E-state index in [9.17, 15) is 72.5 Å². The van der Waals surface area contributed by atoms with Crippen LogP contribution in [0.4, 0.5) is 8.78 Å². The smallest absolute Gasteiger partial charge is 0.317 e. The van der Waals surface area contributed by atoms with Gasteiger partial charge in [0.05, 0.1) is 69.6 Å². The molecular weight excluding hydrogens is 1200 g/mol. The molecule has 29 heteroatoms. The van der Waals surface area contributed by atoms with Gasteiger partial charge >= 0.3 is 17.9 Å². The molecule has 3 aromatic rings. The van der Waals surface area contributed by atoms with Gasteiger partial charge in [-0.05, 0) is 75.3 Å². The normalized spacial score (nSPS) is 17.6. The van der Waals surface area contributed by atoms with E-state index < -0.39 is 79.1 Å². The summed E-state index contributed by atoms with van der Waals surface area (Å²) in [5.74, 6) is -8.36. The van der Waals surface area contributed by atoms with Crippen molar-refractivity contribution >= 4 is 64.3 Å². The molecule has 0 spiro atoms. The number of carboxylic acid groups (broad SMARTS) is 3. The lowest BCUT2D eigenvalue weighted by Gasteiger charge is -2.34. The van der Waals surface area contributed by atoms with Gasteiger partial charge in [-0.25, -0.2) is 8.78 Å². The van der Waals surface area contributed by atoms with Crippen molar-refractivity contribution in [1.82, 2.24) is 60.6 Å². The Morgan fingerprint density at radius 1 is 0.663 bits per heavy atom. The van der Waals surface area contributed by atoms with Crippen LogP contribution in [-0.4, -0.2) is 283 Å². The highest BCUT2D eigenvalue weighted by atomic mass is 19.3. The summed E-state index contributed by atoms with van der Waals surface area (Å²) >= 11 is 0. The lowest BCUT2D eigenvalue weighted by Crippen LogP contribution is -2.52. The maximum Gasteiger partial charge on any atom is 0.317 e. The molecule has 2 atom stereocenters. The third-order valence-corrected chi connectivity index (χ3v) is 16.2. The van der Waals surface area contributed by atoms with Gasteiger partial charge in [-0.2, -0.15) is 5.26 Å². The van der Waals surface area contributed by atoms with E-state index in [4.69, 9.17) is 9.47 Å². The Bertz CT molecular complexity index is 2950. The van der Waals surface area contributed by atoms with Crippen LogP contribution in [0.25, 0.3) is 10.9 Å². The molecule has 504 valence electrons. The number of pyridine rings is 1. The molecule has 6 rings (SSSR count). The highest BCUT2D eigenvalue weighted by Crippen LogP contribution is 2.32. The number of fused-ring (bicyclic) bond motifs is 1. The van der Waals surface area contributed by atoms with Crippen molar-refractivity contribution in [2.45, 2.75) is 89.1 Å². The fourth-order valence-electron chi connectivity index (χ4n) is 11.1. The lowest BCUT2D eigenvalue weighted by molar-refractivity contribution is -0.140.